The van der Waals surface area contributed by atoms with Gasteiger partial charge >= 0.3 is 0 Å². The molecule has 0 heterocycles. The second-order valence-electron chi connectivity index (χ2n) is 5.31. The van der Waals surface area contributed by atoms with Crippen molar-refractivity contribution < 1.29 is 13.2 Å². The maximum Gasteiger partial charge on any atom is 0.213 e. The van der Waals surface area contributed by atoms with Crippen LogP contribution in [0.2, 0.25) is 0 Å². The minimum atomic E-state index is -3.22. The molecular weight excluding hydrogens is 252 g/mol. The van der Waals surface area contributed by atoms with Crippen LogP contribution >= 0.6 is 0 Å². The van der Waals surface area contributed by atoms with E-state index < -0.39 is 10.0 Å². The number of hydrogen-bond donors (Lipinski definition) is 1. The Balaban J connectivity index is 2.57. The van der Waals surface area contributed by atoms with E-state index >= 15 is 0 Å². The molecule has 0 aromatic rings. The van der Waals surface area contributed by atoms with Crippen LogP contribution in [0.25, 0.3) is 0 Å². The third kappa shape index (κ3) is 4.50. The highest BCUT2D eigenvalue weighted by Gasteiger charge is 2.35. The summed E-state index contributed by atoms with van der Waals surface area (Å²) in [6.45, 7) is 0.746. The molecule has 1 fully saturated rings. The first-order valence-electron chi connectivity index (χ1n) is 6.56. The van der Waals surface area contributed by atoms with Gasteiger partial charge in [-0.25, -0.2) is 13.1 Å². The van der Waals surface area contributed by atoms with Crippen LogP contribution in [0.5, 0.6) is 0 Å². The molecule has 1 aliphatic carbocycles. The topological polar surface area (TPSA) is 58.6 Å². The van der Waals surface area contributed by atoms with E-state index in [-0.39, 0.29) is 17.9 Å². The third-order valence-electron chi connectivity index (χ3n) is 3.91. The fraction of sp³-hybridized carbons (Fsp3) is 1.00. The van der Waals surface area contributed by atoms with E-state index in [0.717, 1.165) is 12.8 Å². The average Bonchev–Trinajstić information content (AvgIpc) is 2.35. The molecule has 0 saturated heterocycles. The van der Waals surface area contributed by atoms with Gasteiger partial charge in [-0.3, -0.25) is 0 Å². The lowest BCUT2D eigenvalue weighted by atomic mass is 9.81. The van der Waals surface area contributed by atoms with Crippen LogP contribution in [-0.4, -0.2) is 59.0 Å². The summed E-state index contributed by atoms with van der Waals surface area (Å²) < 4.78 is 31.1. The van der Waals surface area contributed by atoms with Gasteiger partial charge in [-0.2, -0.15) is 0 Å². The van der Waals surface area contributed by atoms with Crippen molar-refractivity contribution in [2.45, 2.75) is 37.6 Å². The van der Waals surface area contributed by atoms with Crippen molar-refractivity contribution in [1.29, 1.82) is 0 Å². The predicted molar refractivity (Wildman–Crippen MR) is 73.2 cm³/mol. The second-order valence-corrected chi connectivity index (χ2v) is 7.24. The molecule has 0 unspecified atom stereocenters. The quantitative estimate of drug-likeness (QED) is 0.749. The van der Waals surface area contributed by atoms with Gasteiger partial charge in [0.1, 0.15) is 0 Å². The number of sulfonamides is 1. The van der Waals surface area contributed by atoms with E-state index in [1.54, 1.807) is 0 Å². The van der Waals surface area contributed by atoms with Crippen molar-refractivity contribution in [3.8, 4) is 0 Å². The molecule has 0 bridgehead atoms. The van der Waals surface area contributed by atoms with Crippen LogP contribution in [0.3, 0.4) is 0 Å². The van der Waals surface area contributed by atoms with E-state index in [0.29, 0.717) is 6.54 Å². The van der Waals surface area contributed by atoms with Gasteiger partial charge in [-0.15, -0.1) is 0 Å². The fourth-order valence-electron chi connectivity index (χ4n) is 2.50. The van der Waals surface area contributed by atoms with Gasteiger partial charge in [-0.05, 0) is 26.9 Å². The molecule has 0 aliphatic heterocycles. The van der Waals surface area contributed by atoms with E-state index in [9.17, 15) is 8.42 Å². The summed E-state index contributed by atoms with van der Waals surface area (Å²) in [6.07, 6.45) is 5.74. The van der Waals surface area contributed by atoms with Gasteiger partial charge in [0, 0.05) is 19.2 Å². The molecule has 108 valence electrons. The molecule has 1 rings (SSSR count). The van der Waals surface area contributed by atoms with Crippen LogP contribution in [0.15, 0.2) is 0 Å². The first kappa shape index (κ1) is 15.9. The number of nitrogens with one attached hydrogen (secondary N) is 1. The Hall–Kier alpha value is -0.170. The lowest BCUT2D eigenvalue weighted by molar-refractivity contribution is 0.105. The first-order valence-corrected chi connectivity index (χ1v) is 8.21. The molecule has 0 aromatic carbocycles. The summed E-state index contributed by atoms with van der Waals surface area (Å²) in [5, 5.41) is 0. The van der Waals surface area contributed by atoms with Crippen LogP contribution in [0, 0.1) is 0 Å². The highest BCUT2D eigenvalue weighted by atomic mass is 32.2. The van der Waals surface area contributed by atoms with Crippen LogP contribution in [0.4, 0.5) is 0 Å². The van der Waals surface area contributed by atoms with Gasteiger partial charge in [0.25, 0.3) is 0 Å². The van der Waals surface area contributed by atoms with Crippen molar-refractivity contribution in [2.75, 3.05) is 40.1 Å². The summed E-state index contributed by atoms with van der Waals surface area (Å²) in [6, 6.07) is 0. The zero-order chi connectivity index (χ0) is 13.6. The molecule has 0 atom stereocenters. The van der Waals surface area contributed by atoms with Gasteiger partial charge in [-0.1, -0.05) is 19.3 Å². The summed E-state index contributed by atoms with van der Waals surface area (Å²) in [5.41, 5.74) is -0.0155. The third-order valence-corrected chi connectivity index (χ3v) is 5.20. The molecule has 5 nitrogen and oxygen atoms in total. The number of likely N-dealkylation sites (N-methyl/N-ethyl adjacent to an activating group) is 1. The number of nitrogens with zero attached hydrogens (tertiary/aromatic N) is 1. The maximum atomic E-state index is 11.8. The molecule has 0 spiro atoms. The van der Waals surface area contributed by atoms with Crippen molar-refractivity contribution in [3.05, 3.63) is 0 Å². The molecule has 1 aliphatic rings. The fourth-order valence-corrected chi connectivity index (χ4v) is 3.52. The SMILES string of the molecule is COCCS(=O)(=O)NCC1(N(C)C)CCCCC1. The van der Waals surface area contributed by atoms with Crippen molar-refractivity contribution >= 4 is 10.0 Å². The molecule has 6 heteroatoms. The second kappa shape index (κ2) is 6.84. The summed E-state index contributed by atoms with van der Waals surface area (Å²) in [4.78, 5) is 2.17. The molecule has 0 aromatic heterocycles. The molecular formula is C12H26N2O3S. The molecule has 0 amide bonds. The van der Waals surface area contributed by atoms with E-state index in [1.807, 2.05) is 14.1 Å². The number of ether oxygens (including phenoxy) is 1. The maximum absolute atomic E-state index is 11.8. The Morgan fingerprint density at radius 1 is 1.22 bits per heavy atom. The van der Waals surface area contributed by atoms with Crippen LogP contribution < -0.4 is 4.72 Å². The minimum Gasteiger partial charge on any atom is -0.384 e. The Kier molecular flexibility index (Phi) is 6.04. The van der Waals surface area contributed by atoms with Gasteiger partial charge in [0.05, 0.1) is 12.4 Å². The van der Waals surface area contributed by atoms with E-state index in [1.165, 1.54) is 26.4 Å². The largest absolute Gasteiger partial charge is 0.384 e. The average molecular weight is 278 g/mol. The lowest BCUT2D eigenvalue weighted by Gasteiger charge is -2.43. The van der Waals surface area contributed by atoms with Gasteiger partial charge in [0.2, 0.25) is 10.0 Å². The van der Waals surface area contributed by atoms with Crippen molar-refractivity contribution in [1.82, 2.24) is 9.62 Å². The Morgan fingerprint density at radius 2 is 1.83 bits per heavy atom. The standard InChI is InChI=1S/C12H26N2O3S/c1-14(2)12(7-5-4-6-8-12)11-13-18(15,16)10-9-17-3/h13H,4-11H2,1-3H3. The Bertz CT molecular complexity index is 335. The first-order chi connectivity index (χ1) is 8.42. The molecule has 1 saturated carbocycles. The zero-order valence-electron chi connectivity index (χ0n) is 11.7. The summed E-state index contributed by atoms with van der Waals surface area (Å²) in [7, 11) is 2.37. The number of rotatable bonds is 7. The van der Waals surface area contributed by atoms with Crippen LogP contribution in [-0.2, 0) is 14.8 Å². The summed E-state index contributed by atoms with van der Waals surface area (Å²) >= 11 is 0. The molecule has 1 N–H and O–H groups in total. The smallest absolute Gasteiger partial charge is 0.213 e. The minimum absolute atomic E-state index is 0.0155. The van der Waals surface area contributed by atoms with E-state index in [2.05, 4.69) is 9.62 Å². The normalized spacial score (nSPS) is 20.2. The van der Waals surface area contributed by atoms with Gasteiger partial charge in [0.15, 0.2) is 0 Å². The zero-order valence-corrected chi connectivity index (χ0v) is 12.6. The van der Waals surface area contributed by atoms with Crippen molar-refractivity contribution in [3.63, 3.8) is 0 Å². The Morgan fingerprint density at radius 3 is 2.33 bits per heavy atom. The highest BCUT2D eigenvalue weighted by Crippen LogP contribution is 2.31. The monoisotopic (exact) mass is 278 g/mol. The predicted octanol–water partition coefficient (Wildman–Crippen LogP) is 0.817. The highest BCUT2D eigenvalue weighted by molar-refractivity contribution is 7.89. The van der Waals surface area contributed by atoms with Crippen molar-refractivity contribution in [2.24, 2.45) is 0 Å². The Labute approximate surface area is 111 Å². The summed E-state index contributed by atoms with van der Waals surface area (Å²) in [5.74, 6) is 0.0347. The van der Waals surface area contributed by atoms with Gasteiger partial charge < -0.3 is 9.64 Å². The number of methoxy groups -OCH3 is 1. The lowest BCUT2D eigenvalue weighted by Crippen LogP contribution is -2.54. The number of hydrogen-bond acceptors (Lipinski definition) is 4. The molecule has 18 heavy (non-hydrogen) atoms. The van der Waals surface area contributed by atoms with Crippen LogP contribution in [0.1, 0.15) is 32.1 Å². The van der Waals surface area contributed by atoms with E-state index in [4.69, 9.17) is 4.74 Å². The molecule has 0 radical (unpaired) electrons.